The molecule has 0 unspecified atom stereocenters. The lowest BCUT2D eigenvalue weighted by Gasteiger charge is -2.03. The maximum Gasteiger partial charge on any atom is 0.203 e. The van der Waals surface area contributed by atoms with Crippen molar-refractivity contribution in [2.45, 2.75) is 0 Å². The smallest absolute Gasteiger partial charge is 0.203 e. The molecule has 1 aromatic heterocycles. The summed E-state index contributed by atoms with van der Waals surface area (Å²) in [6.45, 7) is 0.639. The first-order valence-corrected chi connectivity index (χ1v) is 4.59. The first-order valence-electron chi connectivity index (χ1n) is 4.59. The van der Waals surface area contributed by atoms with Crippen LogP contribution in [0.2, 0.25) is 0 Å². The molecule has 4 heteroatoms. The highest BCUT2D eigenvalue weighted by molar-refractivity contribution is 5.78. The van der Waals surface area contributed by atoms with Crippen LogP contribution in [0.5, 0.6) is 0 Å². The Kier molecular flexibility index (Phi) is 2.37. The molecule has 1 aromatic carbocycles. The third-order valence-corrected chi connectivity index (χ3v) is 2.18. The van der Waals surface area contributed by atoms with Crippen molar-refractivity contribution in [3.63, 3.8) is 0 Å². The van der Waals surface area contributed by atoms with Gasteiger partial charge in [-0.25, -0.2) is 4.98 Å². The molecule has 0 fully saturated rings. The number of hydrogen-bond donors (Lipinski definition) is 2. The average molecular weight is 191 g/mol. The molecule has 0 saturated carbocycles. The van der Waals surface area contributed by atoms with Crippen LogP contribution < -0.4 is 5.32 Å². The molecule has 14 heavy (non-hydrogen) atoms. The maximum atomic E-state index is 8.69. The summed E-state index contributed by atoms with van der Waals surface area (Å²) in [7, 11) is 1.95. The predicted octanol–water partition coefficient (Wildman–Crippen LogP) is 0.977. The molecule has 0 amide bonds. The Morgan fingerprint density at radius 2 is 2.21 bits per heavy atom. The third kappa shape index (κ3) is 1.44. The Hall–Kier alpha value is -1.55. The van der Waals surface area contributed by atoms with Gasteiger partial charge in [-0.1, -0.05) is 12.1 Å². The molecule has 0 spiro atoms. The molecule has 2 N–H and O–H groups in total. The minimum Gasteiger partial charge on any atom is -0.395 e. The van der Waals surface area contributed by atoms with Crippen molar-refractivity contribution in [2.75, 3.05) is 18.5 Å². The van der Waals surface area contributed by atoms with E-state index in [1.165, 1.54) is 0 Å². The van der Waals surface area contributed by atoms with Crippen LogP contribution >= 0.6 is 0 Å². The van der Waals surface area contributed by atoms with Crippen molar-refractivity contribution in [1.29, 1.82) is 0 Å². The van der Waals surface area contributed by atoms with Crippen molar-refractivity contribution in [1.82, 2.24) is 9.55 Å². The van der Waals surface area contributed by atoms with Gasteiger partial charge < -0.3 is 15.0 Å². The van der Waals surface area contributed by atoms with Crippen molar-refractivity contribution in [2.24, 2.45) is 7.05 Å². The summed E-state index contributed by atoms with van der Waals surface area (Å²) in [6.07, 6.45) is 0. The lowest BCUT2D eigenvalue weighted by atomic mass is 10.3. The normalized spacial score (nSPS) is 10.7. The molecule has 2 rings (SSSR count). The van der Waals surface area contributed by atoms with E-state index in [1.807, 2.05) is 35.9 Å². The van der Waals surface area contributed by atoms with Crippen LogP contribution in [0.3, 0.4) is 0 Å². The van der Waals surface area contributed by atoms with Crippen LogP contribution in [-0.4, -0.2) is 27.8 Å². The van der Waals surface area contributed by atoms with E-state index < -0.39 is 0 Å². The molecule has 0 radical (unpaired) electrons. The number of fused-ring (bicyclic) bond motifs is 1. The Balaban J connectivity index is 2.41. The van der Waals surface area contributed by atoms with Gasteiger partial charge in [-0.2, -0.15) is 0 Å². The fraction of sp³-hybridized carbons (Fsp3) is 0.300. The van der Waals surface area contributed by atoms with E-state index in [2.05, 4.69) is 10.3 Å². The molecule has 0 saturated heterocycles. The van der Waals surface area contributed by atoms with Crippen LogP contribution in [0.4, 0.5) is 5.95 Å². The molecule has 0 aliphatic carbocycles. The van der Waals surface area contributed by atoms with Gasteiger partial charge in [0.25, 0.3) is 0 Å². The number of rotatable bonds is 3. The summed E-state index contributed by atoms with van der Waals surface area (Å²) in [6, 6.07) is 7.94. The van der Waals surface area contributed by atoms with Gasteiger partial charge in [-0.05, 0) is 12.1 Å². The lowest BCUT2D eigenvalue weighted by Crippen LogP contribution is -2.09. The van der Waals surface area contributed by atoms with Crippen molar-refractivity contribution in [3.8, 4) is 0 Å². The van der Waals surface area contributed by atoms with E-state index in [-0.39, 0.29) is 6.61 Å². The number of aliphatic hydroxyl groups is 1. The zero-order valence-electron chi connectivity index (χ0n) is 8.07. The molecule has 74 valence electrons. The number of aryl methyl sites for hydroxylation is 1. The Morgan fingerprint density at radius 1 is 1.43 bits per heavy atom. The van der Waals surface area contributed by atoms with Gasteiger partial charge in [0, 0.05) is 13.6 Å². The number of benzene rings is 1. The molecule has 0 aliphatic rings. The van der Waals surface area contributed by atoms with Gasteiger partial charge >= 0.3 is 0 Å². The monoisotopic (exact) mass is 191 g/mol. The van der Waals surface area contributed by atoms with Gasteiger partial charge in [0.05, 0.1) is 17.6 Å². The quantitative estimate of drug-likeness (QED) is 0.760. The van der Waals surface area contributed by atoms with Crippen molar-refractivity contribution < 1.29 is 5.11 Å². The molecule has 0 atom stereocenters. The second-order valence-corrected chi connectivity index (χ2v) is 3.13. The van der Waals surface area contributed by atoms with E-state index >= 15 is 0 Å². The molecular weight excluding hydrogens is 178 g/mol. The molecular formula is C10H13N3O. The Morgan fingerprint density at radius 3 is 2.93 bits per heavy atom. The SMILES string of the molecule is Cn1c(NCCO)nc2ccccc21. The zero-order chi connectivity index (χ0) is 9.97. The van der Waals surface area contributed by atoms with Gasteiger partial charge in [0.1, 0.15) is 0 Å². The summed E-state index contributed by atoms with van der Waals surface area (Å²) in [5, 5.41) is 11.7. The summed E-state index contributed by atoms with van der Waals surface area (Å²) in [5.74, 6) is 0.792. The highest BCUT2D eigenvalue weighted by Crippen LogP contribution is 2.16. The lowest BCUT2D eigenvalue weighted by molar-refractivity contribution is 0.310. The summed E-state index contributed by atoms with van der Waals surface area (Å²) in [4.78, 5) is 4.39. The largest absolute Gasteiger partial charge is 0.395 e. The Labute approximate surface area is 82.2 Å². The van der Waals surface area contributed by atoms with Crippen LogP contribution in [-0.2, 0) is 7.05 Å². The molecule has 4 nitrogen and oxygen atoms in total. The highest BCUT2D eigenvalue weighted by Gasteiger charge is 2.04. The number of nitrogens with one attached hydrogen (secondary N) is 1. The number of aliphatic hydroxyl groups excluding tert-OH is 1. The minimum absolute atomic E-state index is 0.114. The summed E-state index contributed by atoms with van der Waals surface area (Å²) >= 11 is 0. The van der Waals surface area contributed by atoms with E-state index in [0.717, 1.165) is 17.0 Å². The van der Waals surface area contributed by atoms with E-state index in [9.17, 15) is 0 Å². The average Bonchev–Trinajstić information content (AvgIpc) is 2.54. The molecule has 1 heterocycles. The Bertz CT molecular complexity index is 436. The second-order valence-electron chi connectivity index (χ2n) is 3.13. The maximum absolute atomic E-state index is 8.69. The number of para-hydroxylation sites is 2. The van der Waals surface area contributed by atoms with Crippen LogP contribution in [0, 0.1) is 0 Å². The molecule has 2 aromatic rings. The first kappa shape index (κ1) is 9.02. The summed E-state index contributed by atoms with van der Waals surface area (Å²) < 4.78 is 1.98. The predicted molar refractivity (Wildman–Crippen MR) is 56.3 cm³/mol. The van der Waals surface area contributed by atoms with Gasteiger partial charge in [0.15, 0.2) is 0 Å². The van der Waals surface area contributed by atoms with E-state index in [1.54, 1.807) is 0 Å². The molecule has 0 bridgehead atoms. The topological polar surface area (TPSA) is 50.1 Å². The number of hydrogen-bond acceptors (Lipinski definition) is 3. The van der Waals surface area contributed by atoms with Crippen LogP contribution in [0.15, 0.2) is 24.3 Å². The number of nitrogens with zero attached hydrogens (tertiary/aromatic N) is 2. The highest BCUT2D eigenvalue weighted by atomic mass is 16.3. The minimum atomic E-state index is 0.114. The van der Waals surface area contributed by atoms with Crippen molar-refractivity contribution >= 4 is 17.0 Å². The van der Waals surface area contributed by atoms with Crippen molar-refractivity contribution in [3.05, 3.63) is 24.3 Å². The van der Waals surface area contributed by atoms with Gasteiger partial charge in [-0.3, -0.25) is 0 Å². The van der Waals surface area contributed by atoms with Crippen LogP contribution in [0.1, 0.15) is 0 Å². The zero-order valence-corrected chi connectivity index (χ0v) is 8.07. The first-order chi connectivity index (χ1) is 6.83. The molecule has 0 aliphatic heterocycles. The third-order valence-electron chi connectivity index (χ3n) is 2.18. The number of aromatic nitrogens is 2. The second kappa shape index (κ2) is 3.67. The fourth-order valence-corrected chi connectivity index (χ4v) is 1.47. The van der Waals surface area contributed by atoms with E-state index in [0.29, 0.717) is 6.54 Å². The van der Waals surface area contributed by atoms with Gasteiger partial charge in [0.2, 0.25) is 5.95 Å². The van der Waals surface area contributed by atoms with E-state index in [4.69, 9.17) is 5.11 Å². The summed E-state index contributed by atoms with van der Waals surface area (Å²) in [5.41, 5.74) is 2.06. The van der Waals surface area contributed by atoms with Crippen LogP contribution in [0.25, 0.3) is 11.0 Å². The number of anilines is 1. The number of imidazole rings is 1. The standard InChI is InChI=1S/C10H13N3O/c1-13-9-5-3-2-4-8(9)12-10(13)11-6-7-14/h2-5,14H,6-7H2,1H3,(H,11,12). The van der Waals surface area contributed by atoms with Gasteiger partial charge in [-0.15, -0.1) is 0 Å². The fourth-order valence-electron chi connectivity index (χ4n) is 1.47.